The van der Waals surface area contributed by atoms with Crippen LogP contribution in [0, 0.1) is 6.92 Å². The Balaban J connectivity index is 2.49. The van der Waals surface area contributed by atoms with Gasteiger partial charge in [-0.3, -0.25) is 4.79 Å². The molecule has 1 atom stereocenters. The van der Waals surface area contributed by atoms with Gasteiger partial charge in [0.05, 0.1) is 0 Å². The number of hydrogen-bond acceptors (Lipinski definition) is 3. The Morgan fingerprint density at radius 2 is 2.25 bits per heavy atom. The van der Waals surface area contributed by atoms with Crippen molar-refractivity contribution in [2.75, 3.05) is 0 Å². The molecule has 1 rings (SSSR count). The van der Waals surface area contributed by atoms with Crippen molar-refractivity contribution in [1.29, 1.82) is 0 Å². The summed E-state index contributed by atoms with van der Waals surface area (Å²) in [6, 6.07) is 7.17. The van der Waals surface area contributed by atoms with E-state index in [9.17, 15) is 4.79 Å². The fourth-order valence-electron chi connectivity index (χ4n) is 1.30. The molecule has 0 bridgehead atoms. The Morgan fingerprint density at radius 3 is 2.88 bits per heavy atom. The van der Waals surface area contributed by atoms with E-state index in [0.29, 0.717) is 6.42 Å². The van der Waals surface area contributed by atoms with Crippen molar-refractivity contribution >= 4 is 5.97 Å². The van der Waals surface area contributed by atoms with Gasteiger partial charge in [-0.15, -0.1) is 6.58 Å². The molecule has 1 aromatic carbocycles. The molecule has 0 saturated carbocycles. The van der Waals surface area contributed by atoms with Gasteiger partial charge in [-0.25, -0.2) is 0 Å². The SMILES string of the molecule is C=CC[C@H](N)C(=O)OCc1ccccc1C. The second-order valence-corrected chi connectivity index (χ2v) is 3.67. The fourth-order valence-corrected chi connectivity index (χ4v) is 1.30. The molecule has 16 heavy (non-hydrogen) atoms. The van der Waals surface area contributed by atoms with E-state index in [4.69, 9.17) is 10.5 Å². The van der Waals surface area contributed by atoms with E-state index in [1.54, 1.807) is 6.08 Å². The monoisotopic (exact) mass is 219 g/mol. The van der Waals surface area contributed by atoms with Crippen LogP contribution in [0.25, 0.3) is 0 Å². The van der Waals surface area contributed by atoms with Gasteiger partial charge in [-0.2, -0.15) is 0 Å². The summed E-state index contributed by atoms with van der Waals surface area (Å²) in [5, 5.41) is 0. The molecule has 0 fully saturated rings. The highest BCUT2D eigenvalue weighted by Crippen LogP contribution is 2.08. The minimum atomic E-state index is -0.610. The Morgan fingerprint density at radius 1 is 1.56 bits per heavy atom. The van der Waals surface area contributed by atoms with Crippen molar-refractivity contribution in [3.8, 4) is 0 Å². The van der Waals surface area contributed by atoms with Crippen LogP contribution in [0.2, 0.25) is 0 Å². The molecular formula is C13H17NO2. The standard InChI is InChI=1S/C13H17NO2/c1-3-6-12(14)13(15)16-9-11-8-5-4-7-10(11)2/h3-5,7-8,12H,1,6,9,14H2,2H3/t12-/m0/s1. The average Bonchev–Trinajstić information content (AvgIpc) is 2.28. The van der Waals surface area contributed by atoms with Crippen LogP contribution < -0.4 is 5.73 Å². The minimum Gasteiger partial charge on any atom is -0.460 e. The summed E-state index contributed by atoms with van der Waals surface area (Å²) in [4.78, 5) is 11.4. The normalized spacial score (nSPS) is 11.9. The molecule has 3 heteroatoms. The summed E-state index contributed by atoms with van der Waals surface area (Å²) in [5.74, 6) is -0.386. The van der Waals surface area contributed by atoms with E-state index in [-0.39, 0.29) is 12.6 Å². The maximum Gasteiger partial charge on any atom is 0.323 e. The Labute approximate surface area is 95.9 Å². The number of ether oxygens (including phenoxy) is 1. The van der Waals surface area contributed by atoms with Crippen LogP contribution in [0.15, 0.2) is 36.9 Å². The number of esters is 1. The highest BCUT2D eigenvalue weighted by Gasteiger charge is 2.13. The van der Waals surface area contributed by atoms with Gasteiger partial charge in [-0.05, 0) is 24.5 Å². The molecule has 3 nitrogen and oxygen atoms in total. The van der Waals surface area contributed by atoms with Gasteiger partial charge in [0.1, 0.15) is 12.6 Å². The number of carbonyl (C=O) groups is 1. The first-order chi connectivity index (χ1) is 7.65. The number of nitrogens with two attached hydrogens (primary N) is 1. The maximum absolute atomic E-state index is 11.4. The van der Waals surface area contributed by atoms with Crippen LogP contribution in [0.3, 0.4) is 0 Å². The number of benzene rings is 1. The topological polar surface area (TPSA) is 52.3 Å². The molecular weight excluding hydrogens is 202 g/mol. The molecule has 0 saturated heterocycles. The molecule has 0 aromatic heterocycles. The molecule has 0 spiro atoms. The molecule has 0 aliphatic heterocycles. The Kier molecular flexibility index (Phi) is 4.73. The quantitative estimate of drug-likeness (QED) is 0.608. The molecule has 0 unspecified atom stereocenters. The second kappa shape index (κ2) is 6.08. The first-order valence-corrected chi connectivity index (χ1v) is 5.22. The minimum absolute atomic E-state index is 0.274. The number of aryl methyl sites for hydroxylation is 1. The van der Waals surface area contributed by atoms with Gasteiger partial charge in [0.15, 0.2) is 0 Å². The lowest BCUT2D eigenvalue weighted by atomic mass is 10.1. The zero-order chi connectivity index (χ0) is 12.0. The first kappa shape index (κ1) is 12.5. The van der Waals surface area contributed by atoms with Crippen LogP contribution in [-0.4, -0.2) is 12.0 Å². The molecule has 86 valence electrons. The van der Waals surface area contributed by atoms with Crippen molar-refractivity contribution in [3.05, 3.63) is 48.0 Å². The largest absolute Gasteiger partial charge is 0.460 e. The van der Waals surface area contributed by atoms with E-state index in [1.165, 1.54) is 0 Å². The number of rotatable bonds is 5. The average molecular weight is 219 g/mol. The van der Waals surface area contributed by atoms with E-state index >= 15 is 0 Å². The predicted octanol–water partition coefficient (Wildman–Crippen LogP) is 1.94. The van der Waals surface area contributed by atoms with Crippen molar-refractivity contribution in [2.24, 2.45) is 5.73 Å². The van der Waals surface area contributed by atoms with Gasteiger partial charge in [-0.1, -0.05) is 30.3 Å². The highest BCUT2D eigenvalue weighted by molar-refractivity contribution is 5.75. The third-order valence-corrected chi connectivity index (χ3v) is 2.35. The maximum atomic E-state index is 11.4. The predicted molar refractivity (Wildman–Crippen MR) is 63.8 cm³/mol. The lowest BCUT2D eigenvalue weighted by Crippen LogP contribution is -2.31. The summed E-state index contributed by atoms with van der Waals surface area (Å²) in [6.45, 7) is 5.78. The highest BCUT2D eigenvalue weighted by atomic mass is 16.5. The molecule has 0 aliphatic rings. The van der Waals surface area contributed by atoms with Crippen LogP contribution in [0.5, 0.6) is 0 Å². The van der Waals surface area contributed by atoms with Gasteiger partial charge in [0, 0.05) is 0 Å². The smallest absolute Gasteiger partial charge is 0.323 e. The van der Waals surface area contributed by atoms with Crippen molar-refractivity contribution in [3.63, 3.8) is 0 Å². The molecule has 1 aromatic rings. The third kappa shape index (κ3) is 3.51. The summed E-state index contributed by atoms with van der Waals surface area (Å²) in [7, 11) is 0. The van der Waals surface area contributed by atoms with E-state index in [0.717, 1.165) is 11.1 Å². The van der Waals surface area contributed by atoms with E-state index < -0.39 is 6.04 Å². The van der Waals surface area contributed by atoms with Gasteiger partial charge >= 0.3 is 5.97 Å². The van der Waals surface area contributed by atoms with Crippen molar-refractivity contribution in [1.82, 2.24) is 0 Å². The van der Waals surface area contributed by atoms with Crippen LogP contribution in [0.1, 0.15) is 17.5 Å². The first-order valence-electron chi connectivity index (χ1n) is 5.22. The lowest BCUT2D eigenvalue weighted by Gasteiger charge is -2.10. The molecule has 0 heterocycles. The zero-order valence-corrected chi connectivity index (χ0v) is 9.48. The molecule has 0 amide bonds. The van der Waals surface area contributed by atoms with Crippen LogP contribution in [0.4, 0.5) is 0 Å². The van der Waals surface area contributed by atoms with Crippen LogP contribution >= 0.6 is 0 Å². The zero-order valence-electron chi connectivity index (χ0n) is 9.48. The van der Waals surface area contributed by atoms with Crippen molar-refractivity contribution in [2.45, 2.75) is 26.0 Å². The summed E-state index contributed by atoms with van der Waals surface area (Å²) in [5.41, 5.74) is 7.69. The summed E-state index contributed by atoms with van der Waals surface area (Å²) in [6.07, 6.45) is 2.05. The second-order valence-electron chi connectivity index (χ2n) is 3.67. The molecule has 0 aliphatic carbocycles. The van der Waals surface area contributed by atoms with Gasteiger partial charge in [0.2, 0.25) is 0 Å². The molecule has 2 N–H and O–H groups in total. The van der Waals surface area contributed by atoms with Crippen molar-refractivity contribution < 1.29 is 9.53 Å². The fraction of sp³-hybridized carbons (Fsp3) is 0.308. The third-order valence-electron chi connectivity index (χ3n) is 2.35. The van der Waals surface area contributed by atoms with E-state index in [2.05, 4.69) is 6.58 Å². The molecule has 0 radical (unpaired) electrons. The lowest BCUT2D eigenvalue weighted by molar-refractivity contribution is -0.146. The number of carbonyl (C=O) groups excluding carboxylic acids is 1. The Hall–Kier alpha value is -1.61. The summed E-state index contributed by atoms with van der Waals surface area (Å²) >= 11 is 0. The summed E-state index contributed by atoms with van der Waals surface area (Å²) < 4.78 is 5.11. The van der Waals surface area contributed by atoms with Crippen LogP contribution in [-0.2, 0) is 16.1 Å². The van der Waals surface area contributed by atoms with Gasteiger partial charge in [0.25, 0.3) is 0 Å². The van der Waals surface area contributed by atoms with E-state index in [1.807, 2.05) is 31.2 Å². The number of hydrogen-bond donors (Lipinski definition) is 1. The van der Waals surface area contributed by atoms with Gasteiger partial charge < -0.3 is 10.5 Å². The Bertz CT molecular complexity index is 374.